The normalized spacial score (nSPS) is 33.1. The van der Waals surface area contributed by atoms with Gasteiger partial charge in [0.25, 0.3) is 0 Å². The third-order valence-corrected chi connectivity index (χ3v) is 0.488. The molecule has 0 atom stereocenters. The Labute approximate surface area is 50.1 Å². The quantitative estimate of drug-likeness (QED) is 0.479. The van der Waals surface area contributed by atoms with Crippen LogP contribution in [0.1, 0.15) is 5.48 Å². The second-order valence-electron chi connectivity index (χ2n) is 0.951. The van der Waals surface area contributed by atoms with E-state index in [-0.39, 0.29) is 12.1 Å². The molecule has 0 aliphatic carbocycles. The average molecular weight is 98.2 g/mol. The first kappa shape index (κ1) is 1.25. The Bertz CT molecular complexity index is 290. The summed E-state index contributed by atoms with van der Waals surface area (Å²) in [4.78, 5) is 0. The third kappa shape index (κ3) is 1.26. The van der Waals surface area contributed by atoms with Crippen molar-refractivity contribution in [2.24, 2.45) is 0 Å². The Morgan fingerprint density at radius 3 is 3.43 bits per heavy atom. The maximum atomic E-state index is 7.21. The zero-order valence-electron chi connectivity index (χ0n) is 8.60. The molecule has 1 N–H and O–H groups in total. The van der Waals surface area contributed by atoms with Crippen LogP contribution in [0, 0.1) is 0 Å². The lowest BCUT2D eigenvalue weighted by molar-refractivity contribution is 1.20. The molecule has 36 valence electrons. The molecule has 0 aromatic carbocycles. The highest BCUT2D eigenvalue weighted by Crippen LogP contribution is 1.81. The number of rotatable bonds is 0. The van der Waals surface area contributed by atoms with E-state index >= 15 is 0 Å². The van der Waals surface area contributed by atoms with Gasteiger partial charge in [-0.05, 0) is 12.1 Å². The van der Waals surface area contributed by atoms with Crippen molar-refractivity contribution in [2.45, 2.75) is 0 Å². The van der Waals surface area contributed by atoms with Crippen molar-refractivity contribution in [2.75, 3.05) is 0 Å². The Hall–Kier alpha value is -0.980. The van der Waals surface area contributed by atoms with Crippen LogP contribution < -0.4 is 5.31 Å². The zero-order valence-corrected chi connectivity index (χ0v) is 3.60. The monoisotopic (exact) mass is 98.1 g/mol. The molecule has 0 bridgehead atoms. The molecule has 1 heteroatoms. The zero-order chi connectivity index (χ0) is 9.30. The van der Waals surface area contributed by atoms with E-state index in [1.165, 1.54) is 12.3 Å². The van der Waals surface area contributed by atoms with Crippen LogP contribution in [0.15, 0.2) is 36.6 Å². The van der Waals surface area contributed by atoms with Crippen LogP contribution >= 0.6 is 0 Å². The predicted molar refractivity (Wildman–Crippen MR) is 30.6 cm³/mol. The molecular weight excluding hydrogens is 86.1 g/mol. The van der Waals surface area contributed by atoms with Crippen LogP contribution in [-0.4, -0.2) is 0 Å². The minimum atomic E-state index is -0.403. The standard InChI is InChI=1S/C6H7N/c1-2-4-6-7-5-3-1/h1-7H/i1D,2D,3D,5D/hD. The summed E-state index contributed by atoms with van der Waals surface area (Å²) in [6.07, 6.45) is 1.99. The second-order valence-corrected chi connectivity index (χ2v) is 0.951. The van der Waals surface area contributed by atoms with Crippen molar-refractivity contribution >= 4 is 0 Å². The summed E-state index contributed by atoms with van der Waals surface area (Å²) in [7, 11) is 0. The highest BCUT2D eigenvalue weighted by molar-refractivity contribution is 5.14. The van der Waals surface area contributed by atoms with E-state index in [1.807, 2.05) is 0 Å². The molecule has 0 radical (unpaired) electrons. The van der Waals surface area contributed by atoms with Crippen molar-refractivity contribution in [1.82, 2.24) is 5.31 Å². The highest BCUT2D eigenvalue weighted by Gasteiger charge is 1.67. The average Bonchev–Trinajstić information content (AvgIpc) is 2.14. The van der Waals surface area contributed by atoms with Crippen LogP contribution in [0.5, 0.6) is 0 Å². The molecule has 1 aliphatic heterocycles. The molecule has 0 saturated heterocycles. The maximum Gasteiger partial charge on any atom is 0.165 e. The minimum absolute atomic E-state index is 0.153. The first-order valence-corrected chi connectivity index (χ1v) is 1.85. The molecule has 7 heavy (non-hydrogen) atoms. The maximum absolute atomic E-state index is 7.21. The van der Waals surface area contributed by atoms with Gasteiger partial charge in [0.15, 0.2) is 1.41 Å². The molecule has 1 rings (SSSR count). The topological polar surface area (TPSA) is 12.0 Å². The largest absolute Gasteiger partial charge is 0.368 e. The summed E-state index contributed by atoms with van der Waals surface area (Å²) in [5.41, 5.74) is 0. The molecule has 0 unspecified atom stereocenters. The molecule has 1 heterocycles. The van der Waals surface area contributed by atoms with Crippen LogP contribution in [0.2, 0.25) is 1.41 Å². The smallest absolute Gasteiger partial charge is 0.165 e. The van der Waals surface area contributed by atoms with Crippen molar-refractivity contribution in [3.05, 3.63) is 36.6 Å². The minimum Gasteiger partial charge on any atom is -0.368 e. The van der Waals surface area contributed by atoms with Gasteiger partial charge in [0, 0.05) is 12.4 Å². The van der Waals surface area contributed by atoms with E-state index in [4.69, 9.17) is 6.89 Å². The Morgan fingerprint density at radius 1 is 1.43 bits per heavy atom. The Balaban J connectivity index is 3.22. The second kappa shape index (κ2) is 2.24. The number of hydrogen-bond acceptors (Lipinski definition) is 1. The van der Waals surface area contributed by atoms with E-state index in [0.29, 0.717) is 5.31 Å². The summed E-state index contributed by atoms with van der Waals surface area (Å²) in [5.74, 6) is 0. The van der Waals surface area contributed by atoms with Crippen LogP contribution in [0.3, 0.4) is 0 Å². The lowest BCUT2D eigenvalue weighted by Crippen LogP contribution is -1.87. The van der Waals surface area contributed by atoms with Gasteiger partial charge in [-0.15, -0.1) is 0 Å². The lowest BCUT2D eigenvalue weighted by Gasteiger charge is -1.79. The van der Waals surface area contributed by atoms with Gasteiger partial charge in [-0.3, -0.25) is 0 Å². The first-order valence-electron chi connectivity index (χ1n) is 4.30. The molecule has 1 nitrogen and oxygen atoms in total. The number of nitrogens with one attached hydrogen (secondary N) is 1. The van der Waals surface area contributed by atoms with Gasteiger partial charge in [-0.2, -0.15) is 0 Å². The van der Waals surface area contributed by atoms with Gasteiger partial charge in [0.2, 0.25) is 0 Å². The van der Waals surface area contributed by atoms with Gasteiger partial charge in [0.05, 0.1) is 5.48 Å². The van der Waals surface area contributed by atoms with Gasteiger partial charge in [-0.1, -0.05) is 12.1 Å². The molecule has 0 saturated carbocycles. The number of hydrogen-bond donors (Lipinski definition) is 1. The fraction of sp³-hybridized carbons (Fsp3) is 0. The summed E-state index contributed by atoms with van der Waals surface area (Å²) >= 11 is 0. The molecule has 0 fully saturated rings. The summed E-state index contributed by atoms with van der Waals surface area (Å²) in [6, 6.07) is -0.884. The Morgan fingerprint density at radius 2 is 2.43 bits per heavy atom. The van der Waals surface area contributed by atoms with Gasteiger partial charge in [-0.25, -0.2) is 0 Å². The summed E-state index contributed by atoms with van der Waals surface area (Å²) < 4.78 is 35.9. The predicted octanol–water partition coefficient (Wildman–Crippen LogP) is 1.17. The SMILES string of the molecule is [2H]C1=C([2H])C([2H])=C([2H])N([2H])C=C1. The summed E-state index contributed by atoms with van der Waals surface area (Å²) in [5, 5.41) is 0.651. The molecule has 0 aromatic rings. The van der Waals surface area contributed by atoms with Crippen molar-refractivity contribution in [3.63, 3.8) is 0 Å². The van der Waals surface area contributed by atoms with Crippen molar-refractivity contribution in [1.29, 1.82) is 0 Å². The fourth-order valence-corrected chi connectivity index (χ4v) is 0.250. The first-order chi connectivity index (χ1) is 5.54. The van der Waals surface area contributed by atoms with Crippen LogP contribution in [0.4, 0.5) is 0 Å². The Kier molecular flexibility index (Phi) is 0.399. The van der Waals surface area contributed by atoms with Crippen LogP contribution in [0.25, 0.3) is 0 Å². The van der Waals surface area contributed by atoms with Gasteiger partial charge >= 0.3 is 0 Å². The fourth-order valence-electron chi connectivity index (χ4n) is 0.250. The molecular formula is C6H7N. The van der Waals surface area contributed by atoms with Crippen LogP contribution in [-0.2, 0) is 0 Å². The molecule has 0 amide bonds. The van der Waals surface area contributed by atoms with E-state index in [9.17, 15) is 0 Å². The number of allylic oxidation sites excluding steroid dienone is 4. The van der Waals surface area contributed by atoms with E-state index in [2.05, 4.69) is 0 Å². The molecule has 0 aromatic heterocycles. The van der Waals surface area contributed by atoms with E-state index in [1.54, 1.807) is 0 Å². The summed E-state index contributed by atoms with van der Waals surface area (Å²) in [6.45, 7) is 0. The lowest BCUT2D eigenvalue weighted by atomic mass is 10.5. The third-order valence-electron chi connectivity index (χ3n) is 0.488. The van der Waals surface area contributed by atoms with E-state index in [0.717, 1.165) is 0 Å². The van der Waals surface area contributed by atoms with E-state index < -0.39 is 12.2 Å². The van der Waals surface area contributed by atoms with Gasteiger partial charge in [0.1, 0.15) is 0 Å². The van der Waals surface area contributed by atoms with Gasteiger partial charge < -0.3 is 5.31 Å². The van der Waals surface area contributed by atoms with Crippen molar-refractivity contribution in [3.8, 4) is 0 Å². The highest BCUT2D eigenvalue weighted by atomic mass is 14.8. The van der Waals surface area contributed by atoms with Crippen molar-refractivity contribution < 1.29 is 6.89 Å². The molecule has 1 aliphatic rings. The molecule has 0 spiro atoms.